The summed E-state index contributed by atoms with van der Waals surface area (Å²) in [6.45, 7) is 11.2. The van der Waals surface area contributed by atoms with E-state index < -0.39 is 12.6 Å². The Bertz CT molecular complexity index is 526. The average Bonchev–Trinajstić information content (AvgIpc) is 2.38. The van der Waals surface area contributed by atoms with E-state index in [4.69, 9.17) is 4.74 Å². The molecule has 110 valence electrons. The van der Waals surface area contributed by atoms with E-state index in [1.165, 1.54) is 0 Å². The molecule has 1 atom stereocenters. The molecule has 1 aromatic rings. The van der Waals surface area contributed by atoms with Crippen LogP contribution in [0.2, 0.25) is 0 Å². The zero-order valence-corrected chi connectivity index (χ0v) is 13.6. The normalized spacial score (nSPS) is 14.4. The summed E-state index contributed by atoms with van der Waals surface area (Å²) in [5.74, 6) is -0.254. The summed E-state index contributed by atoms with van der Waals surface area (Å²) in [6.07, 6.45) is 0.421. The van der Waals surface area contributed by atoms with E-state index >= 15 is 0 Å². The number of hydrogen-bond acceptors (Lipinski definition) is 3. The van der Waals surface area contributed by atoms with Gasteiger partial charge in [0.05, 0.1) is 12.0 Å². The first-order valence-corrected chi connectivity index (χ1v) is 8.80. The highest BCUT2D eigenvalue weighted by Gasteiger charge is 2.25. The molecule has 4 heteroatoms. The lowest BCUT2D eigenvalue weighted by molar-refractivity contribution is -0.152. The smallest absolute Gasteiger partial charge is 0.311 e. The van der Waals surface area contributed by atoms with Gasteiger partial charge in [0.15, 0.2) is 0 Å². The summed E-state index contributed by atoms with van der Waals surface area (Å²) in [4.78, 5) is 11.6. The first-order valence-electron chi connectivity index (χ1n) is 6.64. The minimum Gasteiger partial charge on any atom is -0.465 e. The van der Waals surface area contributed by atoms with Crippen molar-refractivity contribution in [3.8, 4) is 0 Å². The number of rotatable bonds is 5. The maximum absolute atomic E-state index is 12.7. The predicted octanol–water partition coefficient (Wildman–Crippen LogP) is 3.80. The van der Waals surface area contributed by atoms with Gasteiger partial charge < -0.3 is 9.30 Å². The van der Waals surface area contributed by atoms with E-state index in [0.717, 1.165) is 5.30 Å². The quantitative estimate of drug-likeness (QED) is 0.613. The molecule has 0 saturated carbocycles. The van der Waals surface area contributed by atoms with E-state index in [0.29, 0.717) is 11.7 Å². The van der Waals surface area contributed by atoms with Crippen LogP contribution in [0.3, 0.4) is 0 Å². The van der Waals surface area contributed by atoms with Crippen LogP contribution >= 0.6 is 7.14 Å². The third-order valence-electron chi connectivity index (χ3n) is 3.09. The molecule has 0 heterocycles. The number of benzene rings is 1. The lowest BCUT2D eigenvalue weighted by Crippen LogP contribution is -2.23. The Morgan fingerprint density at radius 2 is 1.80 bits per heavy atom. The third kappa shape index (κ3) is 4.35. The molecule has 0 saturated heterocycles. The van der Waals surface area contributed by atoms with Gasteiger partial charge in [-0.1, -0.05) is 36.9 Å². The van der Waals surface area contributed by atoms with E-state index in [2.05, 4.69) is 6.58 Å². The summed E-state index contributed by atoms with van der Waals surface area (Å²) in [7, 11) is -2.62. The van der Waals surface area contributed by atoms with Crippen molar-refractivity contribution >= 4 is 18.4 Å². The lowest BCUT2D eigenvalue weighted by Gasteiger charge is -2.19. The van der Waals surface area contributed by atoms with Crippen LogP contribution in [0.4, 0.5) is 0 Å². The maximum atomic E-state index is 12.7. The molecule has 0 aromatic heterocycles. The van der Waals surface area contributed by atoms with Gasteiger partial charge in [-0.25, -0.2) is 0 Å². The summed E-state index contributed by atoms with van der Waals surface area (Å²) in [5.41, 5.74) is -0.517. The largest absolute Gasteiger partial charge is 0.465 e. The Balaban J connectivity index is 2.60. The molecule has 0 aliphatic heterocycles. The molecular weight excluding hydrogens is 271 g/mol. The minimum absolute atomic E-state index is 0.222. The molecule has 0 fully saturated rings. The Morgan fingerprint density at radius 1 is 1.25 bits per heavy atom. The second-order valence-electron chi connectivity index (χ2n) is 5.96. The molecule has 0 bridgehead atoms. The molecule has 0 amide bonds. The monoisotopic (exact) mass is 294 g/mol. The SMILES string of the molecule is C=C(CCOC(=O)C(C)(C)C)P(C)(=O)c1ccccc1. The molecule has 0 radical (unpaired) electrons. The lowest BCUT2D eigenvalue weighted by atomic mass is 9.97. The van der Waals surface area contributed by atoms with Crippen LogP contribution in [0, 0.1) is 5.41 Å². The van der Waals surface area contributed by atoms with Gasteiger partial charge in [0.2, 0.25) is 0 Å². The Morgan fingerprint density at radius 3 is 2.30 bits per heavy atom. The van der Waals surface area contributed by atoms with Gasteiger partial charge >= 0.3 is 5.97 Å². The van der Waals surface area contributed by atoms with Crippen LogP contribution in [-0.4, -0.2) is 19.2 Å². The van der Waals surface area contributed by atoms with Gasteiger partial charge in [0.25, 0.3) is 0 Å². The van der Waals surface area contributed by atoms with Crippen LogP contribution in [0.15, 0.2) is 42.2 Å². The number of hydrogen-bond donors (Lipinski definition) is 0. The summed E-state index contributed by atoms with van der Waals surface area (Å²) < 4.78 is 17.9. The highest BCUT2D eigenvalue weighted by Crippen LogP contribution is 2.49. The molecule has 3 nitrogen and oxygen atoms in total. The van der Waals surface area contributed by atoms with Crippen molar-refractivity contribution in [3.05, 3.63) is 42.2 Å². The summed E-state index contributed by atoms with van der Waals surface area (Å²) >= 11 is 0. The van der Waals surface area contributed by atoms with E-state index in [1.807, 2.05) is 30.3 Å². The molecule has 0 aliphatic rings. The molecule has 0 spiro atoms. The Hall–Kier alpha value is -1.34. The van der Waals surface area contributed by atoms with E-state index in [-0.39, 0.29) is 12.6 Å². The number of carbonyl (C=O) groups is 1. The molecule has 20 heavy (non-hydrogen) atoms. The average molecular weight is 294 g/mol. The molecule has 1 rings (SSSR count). The maximum Gasteiger partial charge on any atom is 0.311 e. The van der Waals surface area contributed by atoms with Gasteiger partial charge in [-0.2, -0.15) is 0 Å². The van der Waals surface area contributed by atoms with Gasteiger partial charge in [-0.3, -0.25) is 4.79 Å². The van der Waals surface area contributed by atoms with Gasteiger partial charge in [0, 0.05) is 11.7 Å². The van der Waals surface area contributed by atoms with Crippen LogP contribution in [0.25, 0.3) is 0 Å². The Labute approximate surface area is 121 Å². The van der Waals surface area contributed by atoms with Crippen LogP contribution in [-0.2, 0) is 14.1 Å². The predicted molar refractivity (Wildman–Crippen MR) is 83.8 cm³/mol. The fourth-order valence-electron chi connectivity index (χ4n) is 1.59. The zero-order valence-electron chi connectivity index (χ0n) is 12.7. The second kappa shape index (κ2) is 6.41. The van der Waals surface area contributed by atoms with Crippen LogP contribution < -0.4 is 5.30 Å². The highest BCUT2D eigenvalue weighted by atomic mass is 31.2. The molecule has 1 aromatic carbocycles. The minimum atomic E-state index is -2.62. The fraction of sp³-hybridized carbons (Fsp3) is 0.438. The number of esters is 1. The zero-order chi connectivity index (χ0) is 15.4. The molecule has 0 N–H and O–H groups in total. The van der Waals surface area contributed by atoms with Crippen molar-refractivity contribution in [3.63, 3.8) is 0 Å². The fourth-order valence-corrected chi connectivity index (χ4v) is 3.21. The summed E-state index contributed by atoms with van der Waals surface area (Å²) in [5, 5.41) is 1.41. The van der Waals surface area contributed by atoms with Gasteiger partial charge in [-0.05, 0) is 32.8 Å². The van der Waals surface area contributed by atoms with Crippen molar-refractivity contribution in [2.45, 2.75) is 27.2 Å². The third-order valence-corrected chi connectivity index (χ3v) is 5.80. The Kier molecular flexibility index (Phi) is 5.35. The second-order valence-corrected chi connectivity index (χ2v) is 8.96. The van der Waals surface area contributed by atoms with Crippen molar-refractivity contribution in [2.24, 2.45) is 5.41 Å². The van der Waals surface area contributed by atoms with Crippen LogP contribution in [0.1, 0.15) is 27.2 Å². The highest BCUT2D eigenvalue weighted by molar-refractivity contribution is 7.74. The van der Waals surface area contributed by atoms with E-state index in [1.54, 1.807) is 27.4 Å². The molecule has 0 aliphatic carbocycles. The summed E-state index contributed by atoms with van der Waals surface area (Å²) in [6, 6.07) is 9.29. The van der Waals surface area contributed by atoms with Crippen molar-refractivity contribution in [1.29, 1.82) is 0 Å². The number of ether oxygens (including phenoxy) is 1. The topological polar surface area (TPSA) is 43.4 Å². The van der Waals surface area contributed by atoms with E-state index in [9.17, 15) is 9.36 Å². The van der Waals surface area contributed by atoms with Crippen molar-refractivity contribution in [1.82, 2.24) is 0 Å². The van der Waals surface area contributed by atoms with Crippen LogP contribution in [0.5, 0.6) is 0 Å². The first kappa shape index (κ1) is 16.7. The van der Waals surface area contributed by atoms with Crippen molar-refractivity contribution < 1.29 is 14.1 Å². The molecular formula is C16H23O3P. The standard InChI is InChI=1S/C16H23O3P/c1-13(11-12-19-15(17)16(2,3)4)20(5,18)14-9-7-6-8-10-14/h6-10H,1,11-12H2,2-5H3. The first-order chi connectivity index (χ1) is 9.15. The van der Waals surface area contributed by atoms with Crippen molar-refractivity contribution in [2.75, 3.05) is 13.3 Å². The van der Waals surface area contributed by atoms with Gasteiger partial charge in [-0.15, -0.1) is 0 Å². The van der Waals surface area contributed by atoms with Gasteiger partial charge in [0.1, 0.15) is 7.14 Å². The number of carbonyl (C=O) groups excluding carboxylic acids is 1. The molecule has 1 unspecified atom stereocenters.